The van der Waals surface area contributed by atoms with Crippen molar-refractivity contribution in [2.45, 2.75) is 13.5 Å². The molecule has 0 spiro atoms. The van der Waals surface area contributed by atoms with E-state index in [1.165, 1.54) is 25.3 Å². The summed E-state index contributed by atoms with van der Waals surface area (Å²) < 4.78 is 15.8. The molecule has 0 radical (unpaired) electrons. The van der Waals surface area contributed by atoms with Gasteiger partial charge in [0.05, 0.1) is 13.7 Å². The van der Waals surface area contributed by atoms with E-state index in [1.807, 2.05) is 50.2 Å². The highest BCUT2D eigenvalue weighted by Gasteiger charge is 2.34. The molecule has 202 valence electrons. The zero-order valence-electron chi connectivity index (χ0n) is 21.9. The molecule has 1 aliphatic heterocycles. The van der Waals surface area contributed by atoms with Crippen LogP contribution in [0, 0.1) is 6.92 Å². The summed E-state index contributed by atoms with van der Waals surface area (Å²) in [6, 6.07) is 14.9. The van der Waals surface area contributed by atoms with Gasteiger partial charge in [-0.3, -0.25) is 14.5 Å². The molecule has 2 N–H and O–H groups in total. The van der Waals surface area contributed by atoms with Crippen LogP contribution in [0.1, 0.15) is 27.4 Å². The normalized spacial score (nSPS) is 13.8. The van der Waals surface area contributed by atoms with E-state index in [0.29, 0.717) is 17.0 Å². The molecule has 39 heavy (non-hydrogen) atoms. The number of anilines is 2. The van der Waals surface area contributed by atoms with Crippen molar-refractivity contribution in [2.75, 3.05) is 38.0 Å². The van der Waals surface area contributed by atoms with Crippen LogP contribution < -0.4 is 20.3 Å². The first-order valence-electron chi connectivity index (χ1n) is 12.0. The Balaban J connectivity index is 1.52. The Morgan fingerprint density at radius 2 is 1.87 bits per heavy atom. The average molecular weight is 533 g/mol. The van der Waals surface area contributed by atoms with E-state index in [0.717, 1.165) is 16.2 Å². The maximum atomic E-state index is 13.0. The Kier molecular flexibility index (Phi) is 7.99. The molecule has 1 aliphatic rings. The molecular weight excluding hydrogens is 504 g/mol. The summed E-state index contributed by atoms with van der Waals surface area (Å²) >= 11 is 0. The summed E-state index contributed by atoms with van der Waals surface area (Å²) in [6.45, 7) is 1.44. The van der Waals surface area contributed by atoms with Crippen molar-refractivity contribution in [1.29, 1.82) is 0 Å². The summed E-state index contributed by atoms with van der Waals surface area (Å²) in [4.78, 5) is 52.6. The van der Waals surface area contributed by atoms with Crippen molar-refractivity contribution in [1.82, 2.24) is 10.2 Å². The van der Waals surface area contributed by atoms with Gasteiger partial charge in [0.1, 0.15) is 17.2 Å². The van der Waals surface area contributed by atoms with Crippen LogP contribution in [0.25, 0.3) is 6.08 Å². The molecule has 4 rings (SSSR count). The lowest BCUT2D eigenvalue weighted by atomic mass is 10.1. The molecule has 0 bridgehead atoms. The molecule has 11 nitrogen and oxygen atoms in total. The summed E-state index contributed by atoms with van der Waals surface area (Å²) in [5.41, 5.74) is 2.92. The molecule has 1 fully saturated rings. The van der Waals surface area contributed by atoms with Crippen LogP contribution in [-0.2, 0) is 20.9 Å². The van der Waals surface area contributed by atoms with Gasteiger partial charge >= 0.3 is 12.0 Å². The van der Waals surface area contributed by atoms with E-state index in [2.05, 4.69) is 15.4 Å². The molecule has 11 heteroatoms. The molecule has 1 saturated heterocycles. The van der Waals surface area contributed by atoms with Gasteiger partial charge in [-0.2, -0.15) is 0 Å². The van der Waals surface area contributed by atoms with Crippen molar-refractivity contribution >= 4 is 41.3 Å². The lowest BCUT2D eigenvalue weighted by Crippen LogP contribution is -2.30. The minimum atomic E-state index is -0.666. The first-order chi connectivity index (χ1) is 18.7. The molecule has 4 amide bonds. The number of esters is 1. The largest absolute Gasteiger partial charge is 0.483 e. The Morgan fingerprint density at radius 3 is 2.59 bits per heavy atom. The second-order valence-electron chi connectivity index (χ2n) is 8.91. The van der Waals surface area contributed by atoms with E-state index in [9.17, 15) is 19.2 Å². The number of aryl methyl sites for hydroxylation is 1. The number of urea groups is 1. The first kappa shape index (κ1) is 27.0. The Bertz CT molecular complexity index is 1460. The average Bonchev–Trinajstić information content (AvgIpc) is 3.49. The number of amides is 4. The molecule has 2 heterocycles. The minimum absolute atomic E-state index is 0.0200. The summed E-state index contributed by atoms with van der Waals surface area (Å²) in [5, 5.41) is 5.37. The third-order valence-corrected chi connectivity index (χ3v) is 5.92. The second kappa shape index (κ2) is 11.5. The maximum Gasteiger partial charge on any atom is 0.373 e. The summed E-state index contributed by atoms with van der Waals surface area (Å²) in [7, 11) is 4.95. The molecule has 0 aliphatic carbocycles. The van der Waals surface area contributed by atoms with E-state index in [4.69, 9.17) is 9.15 Å². The number of ether oxygens (including phenoxy) is 2. The molecule has 0 saturated carbocycles. The fraction of sp³-hybridized carbons (Fsp3) is 0.214. The fourth-order valence-corrected chi connectivity index (χ4v) is 3.79. The first-order valence-corrected chi connectivity index (χ1v) is 12.0. The standard InChI is InChI=1S/C28H28N4O7/c1-17-7-5-6-8-21(17)29-25(33)16-38-24-14-19(31(2)3)10-9-18(24)13-22-26(34)32(28(36)30-22)15-20-11-12-23(39-20)27(35)37-4/h5-14H,15-16H2,1-4H3,(H,29,33)(H,30,36)/b22-13-. The molecule has 0 atom stereocenters. The Hall–Kier alpha value is -5.06. The van der Waals surface area contributed by atoms with E-state index in [-0.39, 0.29) is 36.3 Å². The van der Waals surface area contributed by atoms with Gasteiger partial charge < -0.3 is 29.4 Å². The SMILES string of the molecule is COC(=O)c1ccc(CN2C(=O)N/C(=C\c3ccc(N(C)C)cc3OCC(=O)Nc3ccccc3C)C2=O)o1. The van der Waals surface area contributed by atoms with Crippen molar-refractivity contribution in [3.63, 3.8) is 0 Å². The van der Waals surface area contributed by atoms with Crippen LogP contribution in [0.2, 0.25) is 0 Å². The molecule has 0 unspecified atom stereocenters. The zero-order valence-corrected chi connectivity index (χ0v) is 21.9. The van der Waals surface area contributed by atoms with Gasteiger partial charge in [-0.15, -0.1) is 0 Å². The Labute approximate surface area is 225 Å². The van der Waals surface area contributed by atoms with Gasteiger partial charge in [0.15, 0.2) is 6.61 Å². The van der Waals surface area contributed by atoms with Crippen molar-refractivity contribution in [3.8, 4) is 5.75 Å². The number of carbonyl (C=O) groups excluding carboxylic acids is 4. The topological polar surface area (TPSA) is 130 Å². The van der Waals surface area contributed by atoms with Crippen LogP contribution in [0.15, 0.2) is 64.7 Å². The van der Waals surface area contributed by atoms with Crippen LogP contribution in [-0.4, -0.2) is 56.5 Å². The monoisotopic (exact) mass is 532 g/mol. The zero-order chi connectivity index (χ0) is 28.1. The number of nitrogens with one attached hydrogen (secondary N) is 2. The second-order valence-corrected chi connectivity index (χ2v) is 8.91. The predicted molar refractivity (Wildman–Crippen MR) is 143 cm³/mol. The molecular formula is C28H28N4O7. The molecule has 1 aromatic heterocycles. The van der Waals surface area contributed by atoms with Crippen LogP contribution in [0.4, 0.5) is 16.2 Å². The number of methoxy groups -OCH3 is 1. The number of carbonyl (C=O) groups is 4. The number of nitrogens with zero attached hydrogens (tertiary/aromatic N) is 2. The highest BCUT2D eigenvalue weighted by Crippen LogP contribution is 2.28. The molecule has 3 aromatic rings. The van der Waals surface area contributed by atoms with Crippen molar-refractivity contribution in [2.24, 2.45) is 0 Å². The van der Waals surface area contributed by atoms with Gasteiger partial charge in [-0.25, -0.2) is 9.59 Å². The summed E-state index contributed by atoms with van der Waals surface area (Å²) in [6.07, 6.45) is 1.48. The summed E-state index contributed by atoms with van der Waals surface area (Å²) in [5.74, 6) is -1.05. The third kappa shape index (κ3) is 6.27. The highest BCUT2D eigenvalue weighted by molar-refractivity contribution is 6.14. The number of hydrogen-bond acceptors (Lipinski definition) is 8. The van der Waals surface area contributed by atoms with E-state index >= 15 is 0 Å². The lowest BCUT2D eigenvalue weighted by Gasteiger charge is -2.16. The minimum Gasteiger partial charge on any atom is -0.483 e. The van der Waals surface area contributed by atoms with E-state index in [1.54, 1.807) is 18.2 Å². The number of rotatable bonds is 9. The van der Waals surface area contributed by atoms with Crippen molar-refractivity contribution in [3.05, 3.63) is 82.9 Å². The van der Waals surface area contributed by atoms with Gasteiger partial charge in [0.25, 0.3) is 11.8 Å². The van der Waals surface area contributed by atoms with Crippen molar-refractivity contribution < 1.29 is 33.1 Å². The van der Waals surface area contributed by atoms with Crippen LogP contribution in [0.5, 0.6) is 5.75 Å². The number of imide groups is 1. The quantitative estimate of drug-likeness (QED) is 0.243. The van der Waals surface area contributed by atoms with Gasteiger partial charge in [0.2, 0.25) is 5.76 Å². The number of hydrogen-bond donors (Lipinski definition) is 2. The van der Waals surface area contributed by atoms with E-state index < -0.39 is 17.9 Å². The molecule has 2 aromatic carbocycles. The fourth-order valence-electron chi connectivity index (χ4n) is 3.79. The van der Waals surface area contributed by atoms with Crippen LogP contribution in [0.3, 0.4) is 0 Å². The van der Waals surface area contributed by atoms with Gasteiger partial charge in [-0.1, -0.05) is 18.2 Å². The number of para-hydroxylation sites is 1. The number of furan rings is 1. The lowest BCUT2D eigenvalue weighted by molar-refractivity contribution is -0.123. The van der Waals surface area contributed by atoms with Gasteiger partial charge in [-0.05, 0) is 48.9 Å². The Morgan fingerprint density at radius 1 is 1.10 bits per heavy atom. The maximum absolute atomic E-state index is 13.0. The van der Waals surface area contributed by atoms with Crippen LogP contribution >= 0.6 is 0 Å². The predicted octanol–water partition coefficient (Wildman–Crippen LogP) is 3.55. The van der Waals surface area contributed by atoms with Gasteiger partial charge in [0, 0.05) is 37.1 Å². The third-order valence-electron chi connectivity index (χ3n) is 5.92. The smallest absolute Gasteiger partial charge is 0.373 e. The number of benzene rings is 2. The highest BCUT2D eigenvalue weighted by atomic mass is 16.5.